The van der Waals surface area contributed by atoms with Gasteiger partial charge in [-0.1, -0.05) is 28.9 Å². The van der Waals surface area contributed by atoms with Crippen LogP contribution in [0, 0.1) is 5.82 Å². The lowest BCUT2D eigenvalue weighted by atomic mass is 10.2. The summed E-state index contributed by atoms with van der Waals surface area (Å²) < 4.78 is 23.7. The second-order valence-electron chi connectivity index (χ2n) is 4.19. The zero-order valence-corrected chi connectivity index (χ0v) is 12.0. The quantitative estimate of drug-likeness (QED) is 0.518. The lowest BCUT2D eigenvalue weighted by molar-refractivity contribution is 0.284. The SMILES string of the molecule is COc1cc(/C=N/O)cc(Cl)c1OCc1ccc(F)cc1. The minimum absolute atomic E-state index is 0.226. The summed E-state index contributed by atoms with van der Waals surface area (Å²) in [6.45, 7) is 0.226. The average Bonchev–Trinajstić information content (AvgIpc) is 2.47. The van der Waals surface area contributed by atoms with Crippen molar-refractivity contribution in [2.45, 2.75) is 6.61 Å². The van der Waals surface area contributed by atoms with Crippen LogP contribution in [0.4, 0.5) is 4.39 Å². The minimum Gasteiger partial charge on any atom is -0.493 e. The zero-order chi connectivity index (χ0) is 15.2. The highest BCUT2D eigenvalue weighted by Crippen LogP contribution is 2.36. The summed E-state index contributed by atoms with van der Waals surface area (Å²) in [4.78, 5) is 0. The summed E-state index contributed by atoms with van der Waals surface area (Å²) in [6, 6.07) is 9.19. The molecule has 0 heterocycles. The molecule has 0 aliphatic rings. The van der Waals surface area contributed by atoms with E-state index in [1.54, 1.807) is 24.3 Å². The molecule has 2 rings (SSSR count). The molecule has 2 aromatic carbocycles. The largest absolute Gasteiger partial charge is 0.493 e. The zero-order valence-electron chi connectivity index (χ0n) is 11.2. The van der Waals surface area contributed by atoms with E-state index in [9.17, 15) is 4.39 Å². The summed E-state index contributed by atoms with van der Waals surface area (Å²) in [7, 11) is 1.48. The molecule has 0 spiro atoms. The number of hydrogen-bond acceptors (Lipinski definition) is 4. The van der Waals surface area contributed by atoms with Gasteiger partial charge < -0.3 is 14.7 Å². The number of benzene rings is 2. The van der Waals surface area contributed by atoms with E-state index in [1.165, 1.54) is 25.5 Å². The fraction of sp³-hybridized carbons (Fsp3) is 0.133. The molecule has 6 heteroatoms. The van der Waals surface area contributed by atoms with E-state index in [2.05, 4.69) is 5.16 Å². The number of methoxy groups -OCH3 is 1. The van der Waals surface area contributed by atoms with Crippen molar-refractivity contribution in [3.63, 3.8) is 0 Å². The molecule has 1 N–H and O–H groups in total. The molecule has 2 aromatic rings. The third-order valence-corrected chi connectivity index (χ3v) is 3.04. The summed E-state index contributed by atoms with van der Waals surface area (Å²) >= 11 is 6.13. The standard InChI is InChI=1S/C15H13ClFNO3/c1-20-14-7-11(8-18-19)6-13(16)15(14)21-9-10-2-4-12(17)5-3-10/h2-8,19H,9H2,1H3/b18-8+. The summed E-state index contributed by atoms with van der Waals surface area (Å²) in [5.74, 6) is 0.486. The Kier molecular flexibility index (Phi) is 5.00. The van der Waals surface area contributed by atoms with Crippen LogP contribution in [0.1, 0.15) is 11.1 Å². The van der Waals surface area contributed by atoms with Crippen LogP contribution in [0.15, 0.2) is 41.6 Å². The molecule has 0 atom stereocenters. The molecule has 0 radical (unpaired) electrons. The van der Waals surface area contributed by atoms with Crippen molar-refractivity contribution < 1.29 is 19.1 Å². The number of hydrogen-bond donors (Lipinski definition) is 1. The Morgan fingerprint density at radius 1 is 1.29 bits per heavy atom. The van der Waals surface area contributed by atoms with Crippen LogP contribution in [-0.2, 0) is 6.61 Å². The van der Waals surface area contributed by atoms with Crippen molar-refractivity contribution in [2.75, 3.05) is 7.11 Å². The number of ether oxygens (including phenoxy) is 2. The van der Waals surface area contributed by atoms with Crippen LogP contribution in [-0.4, -0.2) is 18.5 Å². The maximum absolute atomic E-state index is 12.8. The van der Waals surface area contributed by atoms with Gasteiger partial charge in [-0.15, -0.1) is 0 Å². The Morgan fingerprint density at radius 2 is 2.00 bits per heavy atom. The molecular weight excluding hydrogens is 297 g/mol. The normalized spacial score (nSPS) is 10.8. The molecule has 21 heavy (non-hydrogen) atoms. The highest BCUT2D eigenvalue weighted by atomic mass is 35.5. The molecular formula is C15H13ClFNO3. The maximum atomic E-state index is 12.8. The molecule has 110 valence electrons. The maximum Gasteiger partial charge on any atom is 0.180 e. The third-order valence-electron chi connectivity index (χ3n) is 2.76. The van der Waals surface area contributed by atoms with Gasteiger partial charge in [0, 0.05) is 5.56 Å². The van der Waals surface area contributed by atoms with Crippen molar-refractivity contribution in [1.29, 1.82) is 0 Å². The number of rotatable bonds is 5. The summed E-state index contributed by atoms with van der Waals surface area (Å²) in [6.07, 6.45) is 1.23. The fourth-order valence-electron chi connectivity index (χ4n) is 1.76. The molecule has 0 fully saturated rings. The lowest BCUT2D eigenvalue weighted by Crippen LogP contribution is -1.99. The van der Waals surface area contributed by atoms with Gasteiger partial charge in [0.25, 0.3) is 0 Å². The van der Waals surface area contributed by atoms with Gasteiger partial charge in [-0.05, 0) is 29.8 Å². The van der Waals surface area contributed by atoms with E-state index < -0.39 is 0 Å². The smallest absolute Gasteiger partial charge is 0.180 e. The first-order valence-corrected chi connectivity index (χ1v) is 6.44. The van der Waals surface area contributed by atoms with Crippen LogP contribution in [0.3, 0.4) is 0 Å². The number of nitrogens with zero attached hydrogens (tertiary/aromatic N) is 1. The fourth-order valence-corrected chi connectivity index (χ4v) is 2.03. The van der Waals surface area contributed by atoms with Gasteiger partial charge >= 0.3 is 0 Å². The van der Waals surface area contributed by atoms with Gasteiger partial charge in [-0.2, -0.15) is 0 Å². The van der Waals surface area contributed by atoms with E-state index in [1.807, 2.05) is 0 Å². The summed E-state index contributed by atoms with van der Waals surface area (Å²) in [5, 5.41) is 11.8. The van der Waals surface area contributed by atoms with Crippen molar-refractivity contribution in [1.82, 2.24) is 0 Å². The molecule has 0 aliphatic carbocycles. The Hall–Kier alpha value is -2.27. The highest BCUT2D eigenvalue weighted by Gasteiger charge is 2.12. The van der Waals surface area contributed by atoms with E-state index in [-0.39, 0.29) is 12.4 Å². The topological polar surface area (TPSA) is 51.0 Å². The predicted octanol–water partition coefficient (Wildman–Crippen LogP) is 3.87. The number of oxime groups is 1. The van der Waals surface area contributed by atoms with Gasteiger partial charge in [0.05, 0.1) is 18.3 Å². The highest BCUT2D eigenvalue weighted by molar-refractivity contribution is 6.32. The second kappa shape index (κ2) is 6.95. The van der Waals surface area contributed by atoms with Gasteiger partial charge in [0.1, 0.15) is 12.4 Å². The molecule has 0 saturated heterocycles. The molecule has 0 aromatic heterocycles. The van der Waals surface area contributed by atoms with E-state index in [0.717, 1.165) is 5.56 Å². The van der Waals surface area contributed by atoms with Crippen molar-refractivity contribution in [3.05, 3.63) is 58.4 Å². The Labute approximate surface area is 126 Å². The Balaban J connectivity index is 2.20. The second-order valence-corrected chi connectivity index (χ2v) is 4.60. The van der Waals surface area contributed by atoms with E-state index in [0.29, 0.717) is 22.1 Å². The molecule has 0 unspecified atom stereocenters. The Morgan fingerprint density at radius 3 is 2.62 bits per heavy atom. The van der Waals surface area contributed by atoms with Crippen molar-refractivity contribution >= 4 is 17.8 Å². The van der Waals surface area contributed by atoms with Gasteiger partial charge in [-0.3, -0.25) is 0 Å². The van der Waals surface area contributed by atoms with Gasteiger partial charge in [0.15, 0.2) is 11.5 Å². The first kappa shape index (κ1) is 15.1. The van der Waals surface area contributed by atoms with E-state index >= 15 is 0 Å². The van der Waals surface area contributed by atoms with Crippen LogP contribution >= 0.6 is 11.6 Å². The molecule has 0 amide bonds. The first-order valence-electron chi connectivity index (χ1n) is 6.06. The minimum atomic E-state index is -0.304. The van der Waals surface area contributed by atoms with E-state index in [4.69, 9.17) is 26.3 Å². The third kappa shape index (κ3) is 3.86. The van der Waals surface area contributed by atoms with Crippen LogP contribution < -0.4 is 9.47 Å². The monoisotopic (exact) mass is 309 g/mol. The van der Waals surface area contributed by atoms with Crippen LogP contribution in [0.25, 0.3) is 0 Å². The lowest BCUT2D eigenvalue weighted by Gasteiger charge is -2.13. The van der Waals surface area contributed by atoms with Crippen LogP contribution in [0.2, 0.25) is 5.02 Å². The molecule has 0 aliphatic heterocycles. The Bertz CT molecular complexity index is 644. The van der Waals surface area contributed by atoms with Gasteiger partial charge in [0.2, 0.25) is 0 Å². The number of halogens is 2. The van der Waals surface area contributed by atoms with Crippen molar-refractivity contribution in [3.8, 4) is 11.5 Å². The van der Waals surface area contributed by atoms with Gasteiger partial charge in [-0.25, -0.2) is 4.39 Å². The van der Waals surface area contributed by atoms with Crippen LogP contribution in [0.5, 0.6) is 11.5 Å². The van der Waals surface area contributed by atoms with Crippen molar-refractivity contribution in [2.24, 2.45) is 5.16 Å². The molecule has 0 saturated carbocycles. The first-order chi connectivity index (χ1) is 10.1. The molecule has 0 bridgehead atoms. The average molecular weight is 310 g/mol. The molecule has 4 nitrogen and oxygen atoms in total. The predicted molar refractivity (Wildman–Crippen MR) is 78.1 cm³/mol. The summed E-state index contributed by atoms with van der Waals surface area (Å²) in [5.41, 5.74) is 1.38.